The summed E-state index contributed by atoms with van der Waals surface area (Å²) in [5.74, 6) is 0.623. The molecule has 0 saturated carbocycles. The van der Waals surface area contributed by atoms with Gasteiger partial charge in [0.1, 0.15) is 5.82 Å². The number of aryl methyl sites for hydroxylation is 2. The van der Waals surface area contributed by atoms with Crippen LogP contribution in [0, 0.1) is 5.82 Å². The number of anilines is 2. The third kappa shape index (κ3) is 4.19. The van der Waals surface area contributed by atoms with Crippen molar-refractivity contribution in [1.29, 1.82) is 0 Å². The first kappa shape index (κ1) is 21.2. The molecule has 0 spiro atoms. The smallest absolute Gasteiger partial charge is 0.186 e. The molecule has 4 aromatic rings. The van der Waals surface area contributed by atoms with Crippen molar-refractivity contribution < 1.29 is 4.39 Å². The number of aromatic nitrogens is 5. The monoisotopic (exact) mass is 472 g/mol. The normalized spacial score (nSPS) is 16.1. The summed E-state index contributed by atoms with van der Waals surface area (Å²) in [6.45, 7) is 6.35. The molecule has 4 heterocycles. The molecule has 0 aliphatic carbocycles. The van der Waals surface area contributed by atoms with E-state index in [-0.39, 0.29) is 11.9 Å². The molecule has 1 fully saturated rings. The SMILES string of the molecule is CCC(c1nnnn1CCc1cccs1)N1CCN(c2nc3cc(N)cc(F)c3s2)CC1. The predicted octanol–water partition coefficient (Wildman–Crippen LogP) is 3.58. The second-order valence-electron chi connectivity index (χ2n) is 7.88. The van der Waals surface area contributed by atoms with E-state index in [0.29, 0.717) is 15.9 Å². The quantitative estimate of drug-likeness (QED) is 0.411. The molecule has 1 aliphatic rings. The molecule has 2 N–H and O–H groups in total. The average molecular weight is 473 g/mol. The van der Waals surface area contributed by atoms with Crippen LogP contribution in [0.15, 0.2) is 29.6 Å². The number of fused-ring (bicyclic) bond motifs is 1. The number of halogens is 1. The number of nitrogens with two attached hydrogens (primary N) is 1. The molecule has 1 saturated heterocycles. The summed E-state index contributed by atoms with van der Waals surface area (Å²) < 4.78 is 16.7. The van der Waals surface area contributed by atoms with Crippen molar-refractivity contribution in [1.82, 2.24) is 30.1 Å². The average Bonchev–Trinajstić information content (AvgIpc) is 3.54. The van der Waals surface area contributed by atoms with Crippen molar-refractivity contribution in [3.8, 4) is 0 Å². The molecule has 3 aromatic heterocycles. The summed E-state index contributed by atoms with van der Waals surface area (Å²) in [5.41, 5.74) is 6.80. The highest BCUT2D eigenvalue weighted by Gasteiger charge is 2.29. The van der Waals surface area contributed by atoms with Crippen LogP contribution in [0.3, 0.4) is 0 Å². The van der Waals surface area contributed by atoms with Gasteiger partial charge in [0.2, 0.25) is 0 Å². The Bertz CT molecular complexity index is 1180. The first-order valence-corrected chi connectivity index (χ1v) is 12.4. The van der Waals surface area contributed by atoms with Crippen LogP contribution in [-0.2, 0) is 13.0 Å². The van der Waals surface area contributed by atoms with E-state index in [1.165, 1.54) is 22.3 Å². The minimum absolute atomic E-state index is 0.170. The molecule has 0 bridgehead atoms. The van der Waals surface area contributed by atoms with Crippen LogP contribution >= 0.6 is 22.7 Å². The van der Waals surface area contributed by atoms with Crippen LogP contribution in [0.25, 0.3) is 10.2 Å². The topological polar surface area (TPSA) is 89.0 Å². The molecule has 1 atom stereocenters. The highest BCUT2D eigenvalue weighted by atomic mass is 32.1. The molecule has 0 amide bonds. The van der Waals surface area contributed by atoms with Gasteiger partial charge in [-0.3, -0.25) is 4.90 Å². The number of thiophene rings is 1. The van der Waals surface area contributed by atoms with Crippen molar-refractivity contribution in [2.45, 2.75) is 32.4 Å². The van der Waals surface area contributed by atoms with Gasteiger partial charge in [-0.05, 0) is 40.4 Å². The van der Waals surface area contributed by atoms with Gasteiger partial charge in [-0.15, -0.1) is 16.4 Å². The highest BCUT2D eigenvalue weighted by Crippen LogP contribution is 2.33. The van der Waals surface area contributed by atoms with Crippen molar-refractivity contribution in [3.63, 3.8) is 0 Å². The summed E-state index contributed by atoms with van der Waals surface area (Å²) in [6.07, 6.45) is 1.86. The van der Waals surface area contributed by atoms with Gasteiger partial charge in [0.15, 0.2) is 11.0 Å². The maximum atomic E-state index is 14.2. The van der Waals surface area contributed by atoms with E-state index in [1.807, 2.05) is 4.68 Å². The Hall–Kier alpha value is -2.63. The highest BCUT2D eigenvalue weighted by molar-refractivity contribution is 7.22. The lowest BCUT2D eigenvalue weighted by molar-refractivity contribution is 0.169. The van der Waals surface area contributed by atoms with Gasteiger partial charge in [0.25, 0.3) is 0 Å². The van der Waals surface area contributed by atoms with E-state index in [9.17, 15) is 4.39 Å². The van der Waals surface area contributed by atoms with E-state index >= 15 is 0 Å². The Morgan fingerprint density at radius 3 is 2.81 bits per heavy atom. The lowest BCUT2D eigenvalue weighted by Crippen LogP contribution is -2.48. The Morgan fingerprint density at radius 1 is 1.22 bits per heavy atom. The van der Waals surface area contributed by atoms with Gasteiger partial charge < -0.3 is 10.6 Å². The van der Waals surface area contributed by atoms with Crippen LogP contribution in [0.5, 0.6) is 0 Å². The molecule has 1 aromatic carbocycles. The number of nitrogens with zero attached hydrogens (tertiary/aromatic N) is 7. The molecule has 32 heavy (non-hydrogen) atoms. The van der Waals surface area contributed by atoms with Gasteiger partial charge in [0.05, 0.1) is 16.3 Å². The molecular formula is C21H25FN8S2. The van der Waals surface area contributed by atoms with Crippen LogP contribution in [0.2, 0.25) is 0 Å². The lowest BCUT2D eigenvalue weighted by Gasteiger charge is -2.38. The second kappa shape index (κ2) is 9.08. The van der Waals surface area contributed by atoms with E-state index in [2.05, 4.69) is 54.7 Å². The molecule has 0 radical (unpaired) electrons. The number of hydrogen-bond donors (Lipinski definition) is 1. The molecule has 8 nitrogen and oxygen atoms in total. The fourth-order valence-corrected chi connectivity index (χ4v) is 5.95. The van der Waals surface area contributed by atoms with E-state index in [1.54, 1.807) is 17.4 Å². The van der Waals surface area contributed by atoms with Gasteiger partial charge in [0, 0.05) is 49.7 Å². The van der Waals surface area contributed by atoms with E-state index in [0.717, 1.165) is 56.5 Å². The maximum Gasteiger partial charge on any atom is 0.186 e. The zero-order valence-corrected chi connectivity index (χ0v) is 19.4. The number of nitrogen functional groups attached to an aromatic ring is 1. The number of benzene rings is 1. The minimum atomic E-state index is -0.303. The molecular weight excluding hydrogens is 447 g/mol. The van der Waals surface area contributed by atoms with Crippen LogP contribution < -0.4 is 10.6 Å². The fourth-order valence-electron chi connectivity index (χ4n) is 4.25. The van der Waals surface area contributed by atoms with Gasteiger partial charge >= 0.3 is 0 Å². The number of thiazole rings is 1. The number of tetrazole rings is 1. The predicted molar refractivity (Wildman–Crippen MR) is 127 cm³/mol. The summed E-state index contributed by atoms with van der Waals surface area (Å²) in [5, 5.41) is 15.5. The summed E-state index contributed by atoms with van der Waals surface area (Å²) in [6, 6.07) is 7.48. The zero-order chi connectivity index (χ0) is 22.1. The fraction of sp³-hybridized carbons (Fsp3) is 0.429. The van der Waals surface area contributed by atoms with Crippen molar-refractivity contribution in [2.75, 3.05) is 36.8 Å². The van der Waals surface area contributed by atoms with Crippen LogP contribution in [0.4, 0.5) is 15.2 Å². The Balaban J connectivity index is 1.26. The number of hydrogen-bond acceptors (Lipinski definition) is 9. The largest absolute Gasteiger partial charge is 0.399 e. The Morgan fingerprint density at radius 2 is 2.06 bits per heavy atom. The Labute approximate surface area is 193 Å². The van der Waals surface area contributed by atoms with Gasteiger partial charge in [-0.2, -0.15) is 0 Å². The van der Waals surface area contributed by atoms with Crippen molar-refractivity contribution >= 4 is 43.7 Å². The van der Waals surface area contributed by atoms with Crippen molar-refractivity contribution in [2.24, 2.45) is 0 Å². The van der Waals surface area contributed by atoms with Gasteiger partial charge in [-0.25, -0.2) is 14.1 Å². The van der Waals surface area contributed by atoms with Crippen LogP contribution in [-0.4, -0.2) is 56.3 Å². The first-order chi connectivity index (χ1) is 15.6. The molecule has 168 valence electrons. The second-order valence-corrected chi connectivity index (χ2v) is 9.89. The third-order valence-corrected chi connectivity index (χ3v) is 7.95. The lowest BCUT2D eigenvalue weighted by atomic mass is 10.1. The standard InChI is InChI=1S/C21H25FN8S2/c1-2-18(20-25-26-27-30(20)6-5-15-4-3-11-31-15)28-7-9-29(10-8-28)21-24-17-13-14(23)12-16(22)19(17)32-21/h3-4,11-13,18H,2,5-10,23H2,1H3. The third-order valence-electron chi connectivity index (χ3n) is 5.88. The molecule has 5 rings (SSSR count). The zero-order valence-electron chi connectivity index (χ0n) is 17.8. The summed E-state index contributed by atoms with van der Waals surface area (Å²) >= 11 is 3.15. The first-order valence-electron chi connectivity index (χ1n) is 10.8. The number of rotatable bonds is 7. The van der Waals surface area contributed by atoms with Gasteiger partial charge in [-0.1, -0.05) is 24.3 Å². The number of piperazine rings is 1. The van der Waals surface area contributed by atoms with Crippen molar-refractivity contribution in [3.05, 3.63) is 46.2 Å². The van der Waals surface area contributed by atoms with E-state index < -0.39 is 0 Å². The molecule has 11 heteroatoms. The maximum absolute atomic E-state index is 14.2. The Kier molecular flexibility index (Phi) is 6.03. The summed E-state index contributed by atoms with van der Waals surface area (Å²) in [4.78, 5) is 10.6. The van der Waals surface area contributed by atoms with Crippen LogP contribution in [0.1, 0.15) is 30.1 Å². The minimum Gasteiger partial charge on any atom is -0.399 e. The molecule has 1 unspecified atom stereocenters. The summed E-state index contributed by atoms with van der Waals surface area (Å²) in [7, 11) is 0. The van der Waals surface area contributed by atoms with E-state index in [4.69, 9.17) is 5.73 Å². The molecule has 1 aliphatic heterocycles.